The minimum Gasteiger partial charge on any atom is -0.478 e. The van der Waals surface area contributed by atoms with Crippen LogP contribution in [0, 0.1) is 0 Å². The molecule has 18 heavy (non-hydrogen) atoms. The van der Waals surface area contributed by atoms with Crippen molar-refractivity contribution in [3.05, 3.63) is 23.7 Å². The minimum atomic E-state index is -2.96. The molecule has 0 aliphatic carbocycles. The van der Waals surface area contributed by atoms with Gasteiger partial charge in [-0.2, -0.15) is 0 Å². The van der Waals surface area contributed by atoms with Gasteiger partial charge in [0.2, 0.25) is 0 Å². The van der Waals surface area contributed by atoms with Crippen LogP contribution in [0.25, 0.3) is 0 Å². The molecular weight excluding hydrogens is 258 g/mol. The van der Waals surface area contributed by atoms with Crippen molar-refractivity contribution in [1.29, 1.82) is 0 Å². The summed E-state index contributed by atoms with van der Waals surface area (Å²) < 4.78 is 28.0. The first-order valence-corrected chi connectivity index (χ1v) is 7.53. The number of furan rings is 1. The summed E-state index contributed by atoms with van der Waals surface area (Å²) in [6, 6.07) is 1.26. The summed E-state index contributed by atoms with van der Waals surface area (Å²) in [5.74, 6) is -0.370. The molecule has 0 radical (unpaired) electrons. The molecule has 0 aromatic carbocycles. The first kappa shape index (κ1) is 13.1. The second kappa shape index (κ2) is 5.11. The lowest BCUT2D eigenvalue weighted by Crippen LogP contribution is -2.39. The lowest BCUT2D eigenvalue weighted by Gasteiger charge is -2.22. The average molecular weight is 273 g/mol. The molecule has 0 spiro atoms. The Morgan fingerprint density at radius 1 is 1.56 bits per heavy atom. The molecule has 100 valence electrons. The quantitative estimate of drug-likeness (QED) is 0.836. The van der Waals surface area contributed by atoms with Gasteiger partial charge in [-0.15, -0.1) is 0 Å². The average Bonchev–Trinajstić information content (AvgIpc) is 2.73. The lowest BCUT2D eigenvalue weighted by atomic mass is 10.2. The van der Waals surface area contributed by atoms with Gasteiger partial charge >= 0.3 is 5.97 Å². The van der Waals surface area contributed by atoms with Crippen molar-refractivity contribution in [3.63, 3.8) is 0 Å². The van der Waals surface area contributed by atoms with Gasteiger partial charge in [0.1, 0.15) is 11.3 Å². The van der Waals surface area contributed by atoms with E-state index in [1.807, 2.05) is 0 Å². The van der Waals surface area contributed by atoms with Crippen LogP contribution in [0.15, 0.2) is 16.7 Å². The minimum absolute atomic E-state index is 0.107. The normalized spacial score (nSPS) is 22.8. The van der Waals surface area contributed by atoms with E-state index in [0.29, 0.717) is 12.2 Å². The number of rotatable bonds is 4. The van der Waals surface area contributed by atoms with Crippen LogP contribution < -0.4 is 5.32 Å². The first-order chi connectivity index (χ1) is 8.48. The molecule has 0 bridgehead atoms. The Labute approximate surface area is 105 Å². The topological polar surface area (TPSA) is 96.6 Å². The van der Waals surface area contributed by atoms with Crippen LogP contribution in [0.1, 0.15) is 29.0 Å². The number of hydrogen-bond acceptors (Lipinski definition) is 5. The van der Waals surface area contributed by atoms with E-state index in [2.05, 4.69) is 5.32 Å². The van der Waals surface area contributed by atoms with Crippen LogP contribution in [0.5, 0.6) is 0 Å². The van der Waals surface area contributed by atoms with Gasteiger partial charge < -0.3 is 14.8 Å². The molecule has 2 N–H and O–H groups in total. The summed E-state index contributed by atoms with van der Waals surface area (Å²) >= 11 is 0. The zero-order valence-corrected chi connectivity index (χ0v) is 10.6. The molecule has 7 heteroatoms. The number of carboxylic acids is 1. The van der Waals surface area contributed by atoms with Crippen molar-refractivity contribution < 1.29 is 22.7 Å². The van der Waals surface area contributed by atoms with Crippen LogP contribution in [-0.2, 0) is 16.4 Å². The molecular formula is C11H15NO5S. The van der Waals surface area contributed by atoms with Gasteiger partial charge in [0, 0.05) is 6.04 Å². The molecule has 0 amide bonds. The molecule has 1 aliphatic rings. The van der Waals surface area contributed by atoms with Crippen molar-refractivity contribution in [2.45, 2.75) is 25.4 Å². The van der Waals surface area contributed by atoms with Gasteiger partial charge in [-0.3, -0.25) is 0 Å². The molecule has 1 aliphatic heterocycles. The number of carboxylic acid groups (broad SMARTS) is 1. The fourth-order valence-electron chi connectivity index (χ4n) is 2.09. The van der Waals surface area contributed by atoms with Gasteiger partial charge in [-0.25, -0.2) is 13.2 Å². The Balaban J connectivity index is 1.95. The fourth-order valence-corrected chi connectivity index (χ4v) is 3.76. The van der Waals surface area contributed by atoms with Gasteiger partial charge in [0.25, 0.3) is 0 Å². The molecule has 1 saturated heterocycles. The van der Waals surface area contributed by atoms with E-state index >= 15 is 0 Å². The third-order valence-electron chi connectivity index (χ3n) is 2.99. The highest BCUT2D eigenvalue weighted by atomic mass is 32.2. The van der Waals surface area contributed by atoms with Crippen LogP contribution >= 0.6 is 0 Å². The maximum Gasteiger partial charge on any atom is 0.339 e. The van der Waals surface area contributed by atoms with Crippen LogP contribution in [0.3, 0.4) is 0 Å². The summed E-state index contributed by atoms with van der Waals surface area (Å²) in [5, 5.41) is 11.9. The van der Waals surface area contributed by atoms with Gasteiger partial charge in [-0.1, -0.05) is 0 Å². The van der Waals surface area contributed by atoms with E-state index in [9.17, 15) is 13.2 Å². The Morgan fingerprint density at radius 2 is 2.33 bits per heavy atom. The van der Waals surface area contributed by atoms with Crippen LogP contribution in [0.4, 0.5) is 0 Å². The third kappa shape index (κ3) is 3.11. The predicted molar refractivity (Wildman–Crippen MR) is 64.2 cm³/mol. The highest BCUT2D eigenvalue weighted by Crippen LogP contribution is 2.14. The van der Waals surface area contributed by atoms with E-state index in [0.717, 1.165) is 6.42 Å². The maximum atomic E-state index is 11.4. The van der Waals surface area contributed by atoms with Crippen LogP contribution in [0.2, 0.25) is 0 Å². The summed E-state index contributed by atoms with van der Waals surface area (Å²) in [6.07, 6.45) is 2.74. The Bertz CT molecular complexity index is 533. The summed E-state index contributed by atoms with van der Waals surface area (Å²) in [7, 11) is -2.96. The summed E-state index contributed by atoms with van der Waals surface area (Å²) in [5.41, 5.74) is 0.112. The van der Waals surface area contributed by atoms with E-state index in [4.69, 9.17) is 9.52 Å². The SMILES string of the molecule is O=C(O)c1ccoc1CNC1CCCS(=O)(=O)C1. The highest BCUT2D eigenvalue weighted by Gasteiger charge is 2.25. The lowest BCUT2D eigenvalue weighted by molar-refractivity contribution is 0.0694. The molecule has 2 heterocycles. The largest absolute Gasteiger partial charge is 0.478 e. The second-order valence-electron chi connectivity index (χ2n) is 4.40. The van der Waals surface area contributed by atoms with Gasteiger partial charge in [0.15, 0.2) is 9.84 Å². The van der Waals surface area contributed by atoms with E-state index < -0.39 is 15.8 Å². The van der Waals surface area contributed by atoms with E-state index in [-0.39, 0.29) is 29.7 Å². The van der Waals surface area contributed by atoms with E-state index in [1.165, 1.54) is 12.3 Å². The zero-order valence-electron chi connectivity index (χ0n) is 9.76. The third-order valence-corrected chi connectivity index (χ3v) is 4.81. The number of carbonyl (C=O) groups is 1. The molecule has 1 aromatic rings. The predicted octanol–water partition coefficient (Wildman–Crippen LogP) is 0.645. The van der Waals surface area contributed by atoms with Crippen molar-refractivity contribution in [2.75, 3.05) is 11.5 Å². The van der Waals surface area contributed by atoms with Crippen molar-refractivity contribution >= 4 is 15.8 Å². The standard InChI is InChI=1S/C11H15NO5S/c13-11(14)9-3-4-17-10(9)6-12-8-2-1-5-18(15,16)7-8/h3-4,8,12H,1-2,5-7H2,(H,13,14). The van der Waals surface area contributed by atoms with E-state index in [1.54, 1.807) is 0 Å². The molecule has 1 aromatic heterocycles. The monoisotopic (exact) mass is 273 g/mol. The number of sulfone groups is 1. The van der Waals surface area contributed by atoms with Crippen molar-refractivity contribution in [1.82, 2.24) is 5.32 Å². The van der Waals surface area contributed by atoms with Crippen molar-refractivity contribution in [2.24, 2.45) is 0 Å². The summed E-state index contributed by atoms with van der Waals surface area (Å²) in [6.45, 7) is 0.231. The highest BCUT2D eigenvalue weighted by molar-refractivity contribution is 7.91. The zero-order chi connectivity index (χ0) is 13.2. The Kier molecular flexibility index (Phi) is 3.72. The maximum absolute atomic E-state index is 11.4. The van der Waals surface area contributed by atoms with Crippen molar-refractivity contribution in [3.8, 4) is 0 Å². The molecule has 1 unspecified atom stereocenters. The molecule has 1 fully saturated rings. The van der Waals surface area contributed by atoms with Gasteiger partial charge in [0.05, 0.1) is 24.3 Å². The molecule has 1 atom stereocenters. The second-order valence-corrected chi connectivity index (χ2v) is 6.63. The molecule has 2 rings (SSSR count). The van der Waals surface area contributed by atoms with Crippen LogP contribution in [-0.4, -0.2) is 37.0 Å². The number of nitrogens with one attached hydrogen (secondary N) is 1. The smallest absolute Gasteiger partial charge is 0.339 e. The van der Waals surface area contributed by atoms with Gasteiger partial charge in [-0.05, 0) is 18.9 Å². The summed E-state index contributed by atoms with van der Waals surface area (Å²) in [4.78, 5) is 10.9. The molecule has 6 nitrogen and oxygen atoms in total. The fraction of sp³-hybridized carbons (Fsp3) is 0.545. The Hall–Kier alpha value is -1.34. The number of hydrogen-bond donors (Lipinski definition) is 2. The Morgan fingerprint density at radius 3 is 3.00 bits per heavy atom. The molecule has 0 saturated carbocycles. The number of aromatic carboxylic acids is 1. The first-order valence-electron chi connectivity index (χ1n) is 5.71.